The number of nitriles is 1. The van der Waals surface area contributed by atoms with Gasteiger partial charge in [0.1, 0.15) is 0 Å². The minimum atomic E-state index is -3.36. The number of quaternary nitrogens is 1. The second kappa shape index (κ2) is 6.35. The molecular formula is C14H20N3O2S+. The number of benzene rings is 1. The van der Waals surface area contributed by atoms with Crippen LogP contribution in [0.15, 0.2) is 35.2 Å². The second-order valence-electron chi connectivity index (χ2n) is 5.20. The highest BCUT2D eigenvalue weighted by atomic mass is 32.2. The van der Waals surface area contributed by atoms with Crippen molar-refractivity contribution in [1.29, 1.82) is 5.26 Å². The first kappa shape index (κ1) is 15.0. The molecular weight excluding hydrogens is 274 g/mol. The van der Waals surface area contributed by atoms with E-state index in [1.54, 1.807) is 28.6 Å². The number of sulfonamides is 1. The van der Waals surface area contributed by atoms with Crippen LogP contribution in [0.4, 0.5) is 0 Å². The zero-order chi connectivity index (χ0) is 14.6. The lowest BCUT2D eigenvalue weighted by atomic mass is 10.2. The van der Waals surface area contributed by atoms with Gasteiger partial charge in [-0.15, -0.1) is 0 Å². The summed E-state index contributed by atoms with van der Waals surface area (Å²) in [5.74, 6) is 0.0160. The van der Waals surface area contributed by atoms with E-state index < -0.39 is 10.0 Å². The van der Waals surface area contributed by atoms with Crippen LogP contribution in [0.1, 0.15) is 6.92 Å². The lowest BCUT2D eigenvalue weighted by Gasteiger charge is -2.31. The number of nitrogens with zero attached hydrogens (tertiary/aromatic N) is 2. The zero-order valence-electron chi connectivity index (χ0n) is 11.6. The van der Waals surface area contributed by atoms with Crippen molar-refractivity contribution >= 4 is 10.0 Å². The first-order chi connectivity index (χ1) is 9.54. The Labute approximate surface area is 120 Å². The molecule has 1 atom stereocenters. The van der Waals surface area contributed by atoms with Crippen LogP contribution in [0, 0.1) is 17.2 Å². The van der Waals surface area contributed by atoms with Crippen molar-refractivity contribution in [3.8, 4) is 6.07 Å². The SMILES string of the molecule is C[C@H](C#N)C[NH+]1CCN(S(=O)(=O)c2ccccc2)CC1. The number of hydrogen-bond donors (Lipinski definition) is 1. The highest BCUT2D eigenvalue weighted by Crippen LogP contribution is 2.14. The normalized spacial score (nSPS) is 19.4. The molecule has 108 valence electrons. The van der Waals surface area contributed by atoms with Gasteiger partial charge in [0.2, 0.25) is 10.0 Å². The van der Waals surface area contributed by atoms with Crippen molar-refractivity contribution < 1.29 is 13.3 Å². The molecule has 0 spiro atoms. The summed E-state index contributed by atoms with van der Waals surface area (Å²) in [7, 11) is -3.36. The quantitative estimate of drug-likeness (QED) is 0.832. The third-order valence-corrected chi connectivity index (χ3v) is 5.54. The third-order valence-electron chi connectivity index (χ3n) is 3.63. The molecule has 0 unspecified atom stereocenters. The predicted octanol–water partition coefficient (Wildman–Crippen LogP) is -0.265. The van der Waals surface area contributed by atoms with Crippen molar-refractivity contribution in [2.75, 3.05) is 32.7 Å². The Morgan fingerprint density at radius 2 is 1.90 bits per heavy atom. The van der Waals surface area contributed by atoms with Gasteiger partial charge in [-0.25, -0.2) is 8.42 Å². The van der Waals surface area contributed by atoms with E-state index in [9.17, 15) is 8.42 Å². The van der Waals surface area contributed by atoms with Gasteiger partial charge in [-0.2, -0.15) is 9.57 Å². The van der Waals surface area contributed by atoms with Crippen LogP contribution in [-0.4, -0.2) is 45.4 Å². The third kappa shape index (κ3) is 3.37. The Morgan fingerprint density at radius 3 is 2.45 bits per heavy atom. The lowest BCUT2D eigenvalue weighted by Crippen LogP contribution is -3.15. The summed E-state index contributed by atoms with van der Waals surface area (Å²) >= 11 is 0. The van der Waals surface area contributed by atoms with Crippen LogP contribution < -0.4 is 4.90 Å². The highest BCUT2D eigenvalue weighted by Gasteiger charge is 2.30. The average molecular weight is 294 g/mol. The Kier molecular flexibility index (Phi) is 4.76. The van der Waals surface area contributed by atoms with Crippen molar-refractivity contribution in [2.24, 2.45) is 5.92 Å². The summed E-state index contributed by atoms with van der Waals surface area (Å²) in [5.41, 5.74) is 0. The molecule has 1 aromatic rings. The largest absolute Gasteiger partial charge is 0.332 e. The standard InChI is InChI=1S/C14H19N3O2S/c1-13(11-15)12-16-7-9-17(10-8-16)20(18,19)14-5-3-2-4-6-14/h2-6,13H,7-10,12H2,1H3/p+1/t13-/m1/s1. The molecule has 1 aliphatic rings. The fraction of sp³-hybridized carbons (Fsp3) is 0.500. The Balaban J connectivity index is 1.99. The van der Waals surface area contributed by atoms with Crippen LogP contribution in [0.25, 0.3) is 0 Å². The minimum absolute atomic E-state index is 0.0160. The lowest BCUT2D eigenvalue weighted by molar-refractivity contribution is -0.905. The van der Waals surface area contributed by atoms with E-state index in [1.165, 1.54) is 4.90 Å². The fourth-order valence-electron chi connectivity index (χ4n) is 2.47. The first-order valence-electron chi connectivity index (χ1n) is 6.82. The molecule has 1 aliphatic heterocycles. The zero-order valence-corrected chi connectivity index (χ0v) is 12.4. The van der Waals surface area contributed by atoms with Gasteiger partial charge in [-0.3, -0.25) is 0 Å². The second-order valence-corrected chi connectivity index (χ2v) is 7.14. The van der Waals surface area contributed by atoms with Gasteiger partial charge >= 0.3 is 0 Å². The van der Waals surface area contributed by atoms with Crippen molar-refractivity contribution in [3.63, 3.8) is 0 Å². The minimum Gasteiger partial charge on any atom is -0.332 e. The van der Waals surface area contributed by atoms with E-state index in [2.05, 4.69) is 6.07 Å². The molecule has 1 fully saturated rings. The topological polar surface area (TPSA) is 65.6 Å². The molecule has 0 aromatic heterocycles. The molecule has 0 bridgehead atoms. The summed E-state index contributed by atoms with van der Waals surface area (Å²) in [4.78, 5) is 1.66. The number of hydrogen-bond acceptors (Lipinski definition) is 3. The van der Waals surface area contributed by atoms with Crippen LogP contribution in [0.3, 0.4) is 0 Å². The summed E-state index contributed by atoms with van der Waals surface area (Å²) < 4.78 is 26.4. The Hall–Kier alpha value is -1.42. The fourth-order valence-corrected chi connectivity index (χ4v) is 3.93. The van der Waals surface area contributed by atoms with E-state index in [4.69, 9.17) is 5.26 Å². The van der Waals surface area contributed by atoms with Gasteiger partial charge in [0.15, 0.2) is 0 Å². The van der Waals surface area contributed by atoms with Crippen molar-refractivity contribution in [2.45, 2.75) is 11.8 Å². The number of nitrogens with one attached hydrogen (secondary N) is 1. The van der Waals surface area contributed by atoms with Gasteiger partial charge in [0.05, 0.1) is 49.6 Å². The molecule has 1 N–H and O–H groups in total. The van der Waals surface area contributed by atoms with Gasteiger partial charge in [-0.05, 0) is 19.1 Å². The summed E-state index contributed by atoms with van der Waals surface area (Å²) in [6.45, 7) is 5.25. The van der Waals surface area contributed by atoms with E-state index in [0.29, 0.717) is 18.0 Å². The van der Waals surface area contributed by atoms with E-state index in [0.717, 1.165) is 19.6 Å². The molecule has 0 saturated carbocycles. The summed E-state index contributed by atoms with van der Waals surface area (Å²) in [6.07, 6.45) is 0. The molecule has 2 rings (SSSR count). The van der Waals surface area contributed by atoms with Crippen LogP contribution in [0.2, 0.25) is 0 Å². The molecule has 20 heavy (non-hydrogen) atoms. The Bertz CT molecular complexity index is 572. The van der Waals surface area contributed by atoms with Gasteiger partial charge in [-0.1, -0.05) is 18.2 Å². The predicted molar refractivity (Wildman–Crippen MR) is 75.5 cm³/mol. The molecule has 0 radical (unpaired) electrons. The molecule has 1 saturated heterocycles. The smallest absolute Gasteiger partial charge is 0.243 e. The van der Waals surface area contributed by atoms with Gasteiger partial charge in [0, 0.05) is 0 Å². The Morgan fingerprint density at radius 1 is 1.30 bits per heavy atom. The first-order valence-corrected chi connectivity index (χ1v) is 8.26. The maximum absolute atomic E-state index is 12.4. The molecule has 0 amide bonds. The van der Waals surface area contributed by atoms with Crippen molar-refractivity contribution in [1.82, 2.24) is 4.31 Å². The van der Waals surface area contributed by atoms with Crippen molar-refractivity contribution in [3.05, 3.63) is 30.3 Å². The molecule has 5 nitrogen and oxygen atoms in total. The number of rotatable bonds is 4. The van der Waals surface area contributed by atoms with E-state index >= 15 is 0 Å². The van der Waals surface area contributed by atoms with Gasteiger partial charge in [0.25, 0.3) is 0 Å². The van der Waals surface area contributed by atoms with E-state index in [1.807, 2.05) is 13.0 Å². The molecule has 1 aromatic carbocycles. The number of piperazine rings is 1. The average Bonchev–Trinajstić information content (AvgIpc) is 2.48. The molecule has 1 heterocycles. The summed E-state index contributed by atoms with van der Waals surface area (Å²) in [5, 5.41) is 8.83. The monoisotopic (exact) mass is 294 g/mol. The van der Waals surface area contributed by atoms with Crippen LogP contribution in [0.5, 0.6) is 0 Å². The maximum atomic E-state index is 12.4. The molecule has 6 heteroatoms. The van der Waals surface area contributed by atoms with E-state index in [-0.39, 0.29) is 5.92 Å². The van der Waals surface area contributed by atoms with Crippen LogP contribution in [-0.2, 0) is 10.0 Å². The highest BCUT2D eigenvalue weighted by molar-refractivity contribution is 7.89. The summed E-state index contributed by atoms with van der Waals surface area (Å²) in [6, 6.07) is 10.8. The van der Waals surface area contributed by atoms with Crippen LogP contribution >= 0.6 is 0 Å². The van der Waals surface area contributed by atoms with Gasteiger partial charge < -0.3 is 4.90 Å². The molecule has 0 aliphatic carbocycles. The maximum Gasteiger partial charge on any atom is 0.243 e.